The molecule has 0 radical (unpaired) electrons. The first-order valence-corrected chi connectivity index (χ1v) is 7.40. The molecule has 1 aliphatic carbocycles. The molecule has 0 spiro atoms. The van der Waals surface area contributed by atoms with Crippen LogP contribution in [0.15, 0.2) is 28.7 Å². The number of benzene rings is 1. The summed E-state index contributed by atoms with van der Waals surface area (Å²) in [6, 6.07) is 7.97. The van der Waals surface area contributed by atoms with Crippen molar-refractivity contribution in [2.45, 2.75) is 44.7 Å². The third kappa shape index (κ3) is 3.74. The summed E-state index contributed by atoms with van der Waals surface area (Å²) >= 11 is 3.41. The fourth-order valence-corrected chi connectivity index (χ4v) is 2.49. The van der Waals surface area contributed by atoms with E-state index >= 15 is 0 Å². The second-order valence-electron chi connectivity index (χ2n) is 6.14. The maximum Gasteiger partial charge on any atom is 0.240 e. The van der Waals surface area contributed by atoms with Crippen LogP contribution in [0.4, 0.5) is 0 Å². The molecule has 1 atom stereocenters. The summed E-state index contributed by atoms with van der Waals surface area (Å²) in [4.78, 5) is 12.4. The number of nitrogens with one attached hydrogen (secondary N) is 1. The molecule has 1 aromatic carbocycles. The van der Waals surface area contributed by atoms with Crippen LogP contribution in [0.2, 0.25) is 0 Å². The van der Waals surface area contributed by atoms with Crippen LogP contribution in [0.25, 0.3) is 0 Å². The SMILES string of the molecule is CC(C)(NC(=O)C(C)(N)C1CC1)c1ccc(Br)cc1.Cl. The Morgan fingerprint density at radius 2 is 1.75 bits per heavy atom. The number of nitrogens with two attached hydrogens (primary N) is 1. The van der Waals surface area contributed by atoms with Crippen molar-refractivity contribution in [2.24, 2.45) is 11.7 Å². The van der Waals surface area contributed by atoms with Crippen LogP contribution >= 0.6 is 28.3 Å². The standard InChI is InChI=1S/C15H21BrN2O.ClH/c1-14(2,10-6-8-12(16)9-7-10)18-13(19)15(3,17)11-4-5-11;/h6-9,11H,4-5,17H2,1-3H3,(H,18,19);1H. The van der Waals surface area contributed by atoms with Gasteiger partial charge in [0.2, 0.25) is 5.91 Å². The van der Waals surface area contributed by atoms with E-state index < -0.39 is 11.1 Å². The largest absolute Gasteiger partial charge is 0.346 e. The Bertz CT molecular complexity index is 481. The summed E-state index contributed by atoms with van der Waals surface area (Å²) in [5.41, 5.74) is 6.04. The smallest absolute Gasteiger partial charge is 0.240 e. The lowest BCUT2D eigenvalue weighted by molar-refractivity contribution is -0.128. The molecule has 0 bridgehead atoms. The summed E-state index contributed by atoms with van der Waals surface area (Å²) in [5, 5.41) is 3.07. The van der Waals surface area contributed by atoms with E-state index in [9.17, 15) is 4.79 Å². The first kappa shape index (κ1) is 17.5. The van der Waals surface area contributed by atoms with E-state index in [1.807, 2.05) is 45.0 Å². The van der Waals surface area contributed by atoms with Gasteiger partial charge in [0.1, 0.15) is 0 Å². The van der Waals surface area contributed by atoms with Crippen molar-refractivity contribution >= 4 is 34.2 Å². The van der Waals surface area contributed by atoms with E-state index in [1.165, 1.54) is 0 Å². The molecule has 112 valence electrons. The van der Waals surface area contributed by atoms with Crippen molar-refractivity contribution in [3.05, 3.63) is 34.3 Å². The zero-order valence-corrected chi connectivity index (χ0v) is 14.5. The lowest BCUT2D eigenvalue weighted by Gasteiger charge is -2.32. The van der Waals surface area contributed by atoms with Gasteiger partial charge in [-0.1, -0.05) is 28.1 Å². The number of amides is 1. The van der Waals surface area contributed by atoms with Gasteiger partial charge in [0.25, 0.3) is 0 Å². The zero-order chi connectivity index (χ0) is 14.3. The average molecular weight is 362 g/mol. The monoisotopic (exact) mass is 360 g/mol. The predicted molar refractivity (Wildman–Crippen MR) is 87.9 cm³/mol. The van der Waals surface area contributed by atoms with Crippen molar-refractivity contribution in [2.75, 3.05) is 0 Å². The third-order valence-electron chi connectivity index (χ3n) is 3.91. The molecule has 3 nitrogen and oxygen atoms in total. The van der Waals surface area contributed by atoms with Crippen LogP contribution in [0.1, 0.15) is 39.2 Å². The highest BCUT2D eigenvalue weighted by Crippen LogP contribution is 2.38. The Kier molecular flexibility index (Phi) is 5.28. The molecule has 20 heavy (non-hydrogen) atoms. The first-order valence-electron chi connectivity index (χ1n) is 6.61. The maximum absolute atomic E-state index is 12.4. The summed E-state index contributed by atoms with van der Waals surface area (Å²) in [7, 11) is 0. The molecular formula is C15H22BrClN2O. The maximum atomic E-state index is 12.4. The highest BCUT2D eigenvalue weighted by atomic mass is 79.9. The molecule has 1 saturated carbocycles. The highest BCUT2D eigenvalue weighted by Gasteiger charge is 2.45. The lowest BCUT2D eigenvalue weighted by Crippen LogP contribution is -2.57. The van der Waals surface area contributed by atoms with Gasteiger partial charge in [0, 0.05) is 4.47 Å². The molecule has 1 aliphatic rings. The van der Waals surface area contributed by atoms with Crippen molar-refractivity contribution in [1.29, 1.82) is 0 Å². The quantitative estimate of drug-likeness (QED) is 0.864. The van der Waals surface area contributed by atoms with Crippen molar-refractivity contribution in [3.63, 3.8) is 0 Å². The van der Waals surface area contributed by atoms with Gasteiger partial charge in [-0.2, -0.15) is 0 Å². The summed E-state index contributed by atoms with van der Waals surface area (Å²) < 4.78 is 1.03. The molecule has 1 amide bonds. The molecule has 5 heteroatoms. The van der Waals surface area contributed by atoms with Gasteiger partial charge in [-0.05, 0) is 57.2 Å². The Morgan fingerprint density at radius 3 is 2.20 bits per heavy atom. The fraction of sp³-hybridized carbons (Fsp3) is 0.533. The van der Waals surface area contributed by atoms with Crippen LogP contribution in [0.3, 0.4) is 0 Å². The highest BCUT2D eigenvalue weighted by molar-refractivity contribution is 9.10. The van der Waals surface area contributed by atoms with Gasteiger partial charge in [-0.15, -0.1) is 12.4 Å². The summed E-state index contributed by atoms with van der Waals surface area (Å²) in [6.45, 7) is 5.83. The van der Waals surface area contributed by atoms with E-state index in [0.29, 0.717) is 5.92 Å². The molecule has 2 rings (SSSR count). The van der Waals surface area contributed by atoms with Crippen LogP contribution in [0.5, 0.6) is 0 Å². The predicted octanol–water partition coefficient (Wildman–Crippen LogP) is 3.35. The number of carbonyl (C=O) groups is 1. The summed E-state index contributed by atoms with van der Waals surface area (Å²) in [6.07, 6.45) is 2.11. The average Bonchev–Trinajstić information content (AvgIpc) is 3.12. The number of rotatable bonds is 4. The van der Waals surface area contributed by atoms with Crippen LogP contribution in [-0.2, 0) is 10.3 Å². The minimum Gasteiger partial charge on any atom is -0.346 e. The Balaban J connectivity index is 0.00000200. The number of hydrogen-bond acceptors (Lipinski definition) is 2. The summed E-state index contributed by atoms with van der Waals surface area (Å²) in [5.74, 6) is 0.260. The number of halogens is 2. The second kappa shape index (κ2) is 6.04. The fourth-order valence-electron chi connectivity index (χ4n) is 2.23. The molecule has 0 heterocycles. The minimum absolute atomic E-state index is 0. The van der Waals surface area contributed by atoms with Gasteiger partial charge in [0.05, 0.1) is 11.1 Å². The van der Waals surface area contributed by atoms with Gasteiger partial charge in [-0.3, -0.25) is 4.79 Å². The molecular weight excluding hydrogens is 340 g/mol. The van der Waals surface area contributed by atoms with Crippen molar-refractivity contribution < 1.29 is 4.79 Å². The van der Waals surface area contributed by atoms with E-state index in [0.717, 1.165) is 22.9 Å². The van der Waals surface area contributed by atoms with Crippen LogP contribution in [-0.4, -0.2) is 11.4 Å². The Labute approximate surface area is 135 Å². The zero-order valence-electron chi connectivity index (χ0n) is 12.1. The molecule has 1 aromatic rings. The Hall–Kier alpha value is -0.580. The number of carbonyl (C=O) groups excluding carboxylic acids is 1. The molecule has 1 unspecified atom stereocenters. The third-order valence-corrected chi connectivity index (χ3v) is 4.44. The van der Waals surface area contributed by atoms with E-state index in [1.54, 1.807) is 0 Å². The van der Waals surface area contributed by atoms with Crippen LogP contribution < -0.4 is 11.1 Å². The van der Waals surface area contributed by atoms with Crippen LogP contribution in [0, 0.1) is 5.92 Å². The number of hydrogen-bond donors (Lipinski definition) is 2. The molecule has 0 saturated heterocycles. The molecule has 1 fully saturated rings. The van der Waals surface area contributed by atoms with Gasteiger partial charge in [-0.25, -0.2) is 0 Å². The molecule has 3 N–H and O–H groups in total. The van der Waals surface area contributed by atoms with E-state index in [-0.39, 0.29) is 18.3 Å². The van der Waals surface area contributed by atoms with Crippen molar-refractivity contribution in [3.8, 4) is 0 Å². The van der Waals surface area contributed by atoms with Gasteiger partial charge < -0.3 is 11.1 Å². The van der Waals surface area contributed by atoms with Crippen molar-refractivity contribution in [1.82, 2.24) is 5.32 Å². The van der Waals surface area contributed by atoms with E-state index in [4.69, 9.17) is 5.73 Å². The van der Waals surface area contributed by atoms with Gasteiger partial charge >= 0.3 is 0 Å². The topological polar surface area (TPSA) is 55.1 Å². The lowest BCUT2D eigenvalue weighted by atomic mass is 9.90. The minimum atomic E-state index is -0.757. The Morgan fingerprint density at radius 1 is 1.25 bits per heavy atom. The normalized spacial score (nSPS) is 17.9. The first-order chi connectivity index (χ1) is 8.73. The van der Waals surface area contributed by atoms with Gasteiger partial charge in [0.15, 0.2) is 0 Å². The molecule has 0 aromatic heterocycles. The molecule has 0 aliphatic heterocycles. The second-order valence-corrected chi connectivity index (χ2v) is 7.06. The van der Waals surface area contributed by atoms with E-state index in [2.05, 4.69) is 21.2 Å².